The number of nitrogens with zero attached hydrogens (tertiary/aromatic N) is 3. The molecule has 0 spiro atoms. The number of aromatic nitrogens is 2. The van der Waals surface area contributed by atoms with Gasteiger partial charge in [-0.3, -0.25) is 15.1 Å². The van der Waals surface area contributed by atoms with Crippen molar-refractivity contribution in [3.8, 4) is 11.3 Å². The van der Waals surface area contributed by atoms with Crippen molar-refractivity contribution in [1.29, 1.82) is 0 Å². The standard InChI is InChI=1S/C10H6ClN3O2/c11-10-6-12-9(5-13-10)7-2-1-3-8(4-7)14(15)16/h1-6H. The number of halogens is 1. The molecule has 1 aromatic heterocycles. The summed E-state index contributed by atoms with van der Waals surface area (Å²) in [5, 5.41) is 10.9. The normalized spacial score (nSPS) is 10.1. The molecule has 0 atom stereocenters. The Hall–Kier alpha value is -2.01. The molecule has 1 aromatic carbocycles. The highest BCUT2D eigenvalue weighted by atomic mass is 35.5. The minimum atomic E-state index is -0.452. The fourth-order valence-electron chi connectivity index (χ4n) is 1.24. The van der Waals surface area contributed by atoms with Crippen LogP contribution in [-0.4, -0.2) is 14.9 Å². The third kappa shape index (κ3) is 2.14. The van der Waals surface area contributed by atoms with Gasteiger partial charge in [0.15, 0.2) is 0 Å². The number of nitro benzene ring substituents is 1. The van der Waals surface area contributed by atoms with E-state index in [2.05, 4.69) is 9.97 Å². The first-order valence-electron chi connectivity index (χ1n) is 4.39. The van der Waals surface area contributed by atoms with Crippen LogP contribution >= 0.6 is 11.6 Å². The predicted molar refractivity (Wildman–Crippen MR) is 59.1 cm³/mol. The van der Waals surface area contributed by atoms with Crippen molar-refractivity contribution in [2.24, 2.45) is 0 Å². The predicted octanol–water partition coefficient (Wildman–Crippen LogP) is 2.71. The summed E-state index contributed by atoms with van der Waals surface area (Å²) in [6.07, 6.45) is 2.87. The molecule has 0 aliphatic rings. The summed E-state index contributed by atoms with van der Waals surface area (Å²) < 4.78 is 0. The molecule has 0 saturated carbocycles. The smallest absolute Gasteiger partial charge is 0.258 e. The number of rotatable bonds is 2. The van der Waals surface area contributed by atoms with Crippen LogP contribution < -0.4 is 0 Å². The molecular formula is C10H6ClN3O2. The second-order valence-electron chi connectivity index (χ2n) is 3.03. The zero-order valence-electron chi connectivity index (χ0n) is 8.00. The van der Waals surface area contributed by atoms with Crippen LogP contribution in [0.25, 0.3) is 11.3 Å². The molecule has 0 unspecified atom stereocenters. The molecule has 0 saturated heterocycles. The number of benzene rings is 1. The zero-order chi connectivity index (χ0) is 11.5. The molecule has 0 radical (unpaired) electrons. The third-order valence-electron chi connectivity index (χ3n) is 1.97. The van der Waals surface area contributed by atoms with Crippen LogP contribution in [0.15, 0.2) is 36.7 Å². The van der Waals surface area contributed by atoms with Crippen molar-refractivity contribution < 1.29 is 4.92 Å². The Balaban J connectivity index is 2.44. The van der Waals surface area contributed by atoms with Crippen LogP contribution in [-0.2, 0) is 0 Å². The first-order valence-corrected chi connectivity index (χ1v) is 4.77. The minimum Gasteiger partial charge on any atom is -0.258 e. The fourth-order valence-corrected chi connectivity index (χ4v) is 1.34. The van der Waals surface area contributed by atoms with Crippen molar-refractivity contribution in [2.45, 2.75) is 0 Å². The molecule has 2 aromatic rings. The van der Waals surface area contributed by atoms with Gasteiger partial charge in [-0.1, -0.05) is 23.7 Å². The largest absolute Gasteiger partial charge is 0.270 e. The van der Waals surface area contributed by atoms with E-state index in [0.717, 1.165) is 0 Å². The van der Waals surface area contributed by atoms with Gasteiger partial charge in [-0.15, -0.1) is 0 Å². The lowest BCUT2D eigenvalue weighted by Crippen LogP contribution is -1.90. The summed E-state index contributed by atoms with van der Waals surface area (Å²) in [6, 6.07) is 6.19. The van der Waals surface area contributed by atoms with Gasteiger partial charge in [-0.2, -0.15) is 0 Å². The summed E-state index contributed by atoms with van der Waals surface area (Å²) in [4.78, 5) is 18.0. The summed E-state index contributed by atoms with van der Waals surface area (Å²) in [5.74, 6) is 0. The molecule has 0 aliphatic heterocycles. The Morgan fingerprint density at radius 3 is 2.69 bits per heavy atom. The van der Waals surface area contributed by atoms with Crippen LogP contribution in [0.5, 0.6) is 0 Å². The van der Waals surface area contributed by atoms with E-state index in [1.54, 1.807) is 12.1 Å². The van der Waals surface area contributed by atoms with Crippen molar-refractivity contribution in [3.05, 3.63) is 51.9 Å². The van der Waals surface area contributed by atoms with Crippen LogP contribution in [0.3, 0.4) is 0 Å². The molecule has 0 bridgehead atoms. The number of nitro groups is 1. The van der Waals surface area contributed by atoms with Gasteiger partial charge in [-0.05, 0) is 0 Å². The molecule has 1 heterocycles. The number of hydrogen-bond donors (Lipinski definition) is 0. The van der Waals surface area contributed by atoms with E-state index in [0.29, 0.717) is 11.3 Å². The van der Waals surface area contributed by atoms with Gasteiger partial charge >= 0.3 is 0 Å². The van der Waals surface area contributed by atoms with Gasteiger partial charge in [0.25, 0.3) is 5.69 Å². The van der Waals surface area contributed by atoms with Crippen LogP contribution in [0.4, 0.5) is 5.69 Å². The topological polar surface area (TPSA) is 68.9 Å². The highest BCUT2D eigenvalue weighted by molar-refractivity contribution is 6.29. The van der Waals surface area contributed by atoms with Crippen molar-refractivity contribution in [1.82, 2.24) is 9.97 Å². The van der Waals surface area contributed by atoms with Gasteiger partial charge in [0.2, 0.25) is 0 Å². The van der Waals surface area contributed by atoms with Gasteiger partial charge in [-0.25, -0.2) is 4.98 Å². The molecular weight excluding hydrogens is 230 g/mol. The lowest BCUT2D eigenvalue weighted by molar-refractivity contribution is -0.384. The van der Waals surface area contributed by atoms with Crippen LogP contribution in [0.1, 0.15) is 0 Å². The Labute approximate surface area is 95.9 Å². The van der Waals surface area contributed by atoms with E-state index >= 15 is 0 Å². The Bertz CT molecular complexity index is 528. The third-order valence-corrected chi connectivity index (χ3v) is 2.17. The summed E-state index contributed by atoms with van der Waals surface area (Å²) in [6.45, 7) is 0. The van der Waals surface area contributed by atoms with Crippen LogP contribution in [0.2, 0.25) is 5.15 Å². The van der Waals surface area contributed by atoms with Gasteiger partial charge in [0.1, 0.15) is 5.15 Å². The Kier molecular flexibility index (Phi) is 2.78. The van der Waals surface area contributed by atoms with E-state index < -0.39 is 4.92 Å². The van der Waals surface area contributed by atoms with Crippen molar-refractivity contribution in [3.63, 3.8) is 0 Å². The van der Waals surface area contributed by atoms with E-state index in [4.69, 9.17) is 11.6 Å². The maximum absolute atomic E-state index is 10.6. The first kappa shape index (κ1) is 10.5. The average Bonchev–Trinajstić information content (AvgIpc) is 2.30. The summed E-state index contributed by atoms with van der Waals surface area (Å²) >= 11 is 5.60. The molecule has 0 aliphatic carbocycles. The van der Waals surface area contributed by atoms with Gasteiger partial charge in [0.05, 0.1) is 23.0 Å². The Morgan fingerprint density at radius 2 is 2.06 bits per heavy atom. The lowest BCUT2D eigenvalue weighted by atomic mass is 10.1. The average molecular weight is 236 g/mol. The minimum absolute atomic E-state index is 0.0225. The summed E-state index contributed by atoms with van der Waals surface area (Å²) in [7, 11) is 0. The Morgan fingerprint density at radius 1 is 1.25 bits per heavy atom. The monoisotopic (exact) mass is 235 g/mol. The zero-order valence-corrected chi connectivity index (χ0v) is 8.76. The van der Waals surface area contributed by atoms with E-state index in [1.165, 1.54) is 24.5 Å². The number of hydrogen-bond acceptors (Lipinski definition) is 4. The van der Waals surface area contributed by atoms with Gasteiger partial charge in [0, 0.05) is 17.7 Å². The first-order chi connectivity index (χ1) is 7.66. The molecule has 2 rings (SSSR count). The van der Waals surface area contributed by atoms with E-state index in [9.17, 15) is 10.1 Å². The molecule has 16 heavy (non-hydrogen) atoms. The quantitative estimate of drug-likeness (QED) is 0.593. The number of non-ortho nitro benzene ring substituents is 1. The fraction of sp³-hybridized carbons (Fsp3) is 0. The highest BCUT2D eigenvalue weighted by Crippen LogP contribution is 2.21. The molecule has 0 fully saturated rings. The molecule has 0 N–H and O–H groups in total. The maximum atomic E-state index is 10.6. The maximum Gasteiger partial charge on any atom is 0.270 e. The molecule has 80 valence electrons. The van der Waals surface area contributed by atoms with Crippen LogP contribution in [0, 0.1) is 10.1 Å². The molecule has 0 amide bonds. The molecule has 6 heteroatoms. The highest BCUT2D eigenvalue weighted by Gasteiger charge is 2.07. The molecule has 5 nitrogen and oxygen atoms in total. The SMILES string of the molecule is O=[N+]([O-])c1cccc(-c2cnc(Cl)cn2)c1. The second kappa shape index (κ2) is 4.24. The summed E-state index contributed by atoms with van der Waals surface area (Å²) in [5.41, 5.74) is 1.21. The van der Waals surface area contributed by atoms with Crippen molar-refractivity contribution in [2.75, 3.05) is 0 Å². The van der Waals surface area contributed by atoms with Crippen molar-refractivity contribution >= 4 is 17.3 Å². The van der Waals surface area contributed by atoms with Gasteiger partial charge < -0.3 is 0 Å². The van der Waals surface area contributed by atoms with E-state index in [1.807, 2.05) is 0 Å². The van der Waals surface area contributed by atoms with E-state index in [-0.39, 0.29) is 10.8 Å². The lowest BCUT2D eigenvalue weighted by Gasteiger charge is -1.99. The second-order valence-corrected chi connectivity index (χ2v) is 3.42.